The van der Waals surface area contributed by atoms with Crippen molar-refractivity contribution in [2.75, 3.05) is 24.4 Å². The predicted molar refractivity (Wildman–Crippen MR) is 71.6 cm³/mol. The normalized spacial score (nSPS) is 23.6. The lowest BCUT2D eigenvalue weighted by molar-refractivity contribution is 0.399. The summed E-state index contributed by atoms with van der Waals surface area (Å²) >= 11 is 1.93. The molecule has 94 valence electrons. The van der Waals surface area contributed by atoms with E-state index in [9.17, 15) is 0 Å². The summed E-state index contributed by atoms with van der Waals surface area (Å²) in [7, 11) is 1.56. The largest absolute Gasteiger partial charge is 0.479 e. The Kier molecular flexibility index (Phi) is 3.93. The molecule has 0 spiro atoms. The lowest BCUT2D eigenvalue weighted by Gasteiger charge is -2.15. The van der Waals surface area contributed by atoms with Gasteiger partial charge >= 0.3 is 0 Å². The van der Waals surface area contributed by atoms with Crippen LogP contribution in [0.4, 0.5) is 11.5 Å². The van der Waals surface area contributed by atoms with Crippen molar-refractivity contribution < 1.29 is 4.74 Å². The molecule has 1 heterocycles. The second-order valence-electron chi connectivity index (χ2n) is 4.16. The van der Waals surface area contributed by atoms with E-state index in [1.807, 2.05) is 11.8 Å². The zero-order valence-electron chi connectivity index (χ0n) is 10.1. The standard InChI is InChI=1S/C11H18N4OS/c1-16-11-9(12)10(13-6-14-11)15-7-3-4-8(5-7)17-2/h6-8H,3-5,12H2,1-2H3,(H,13,14,15). The first-order chi connectivity index (χ1) is 8.24. The minimum absolute atomic E-state index is 0.432. The van der Waals surface area contributed by atoms with Crippen molar-refractivity contribution in [3.63, 3.8) is 0 Å². The molecule has 0 aromatic carbocycles. The average Bonchev–Trinajstić information content (AvgIpc) is 2.79. The number of aromatic nitrogens is 2. The number of rotatable bonds is 4. The molecule has 0 aliphatic heterocycles. The number of nitrogens with zero attached hydrogens (tertiary/aromatic N) is 2. The SMILES string of the molecule is COc1ncnc(NC2CCC(SC)C2)c1N. The second kappa shape index (κ2) is 5.44. The summed E-state index contributed by atoms with van der Waals surface area (Å²) in [6.45, 7) is 0. The molecule has 6 heteroatoms. The minimum atomic E-state index is 0.432. The number of methoxy groups -OCH3 is 1. The maximum absolute atomic E-state index is 5.92. The lowest BCUT2D eigenvalue weighted by atomic mass is 10.2. The van der Waals surface area contributed by atoms with E-state index in [1.54, 1.807) is 7.11 Å². The molecule has 2 rings (SSSR count). The molecule has 1 fully saturated rings. The van der Waals surface area contributed by atoms with Gasteiger partial charge in [-0.15, -0.1) is 0 Å². The Labute approximate surface area is 106 Å². The van der Waals surface area contributed by atoms with E-state index in [-0.39, 0.29) is 0 Å². The molecule has 1 aliphatic rings. The first-order valence-electron chi connectivity index (χ1n) is 5.68. The van der Waals surface area contributed by atoms with Crippen LogP contribution in [-0.4, -0.2) is 34.6 Å². The van der Waals surface area contributed by atoms with Crippen LogP contribution in [0.3, 0.4) is 0 Å². The monoisotopic (exact) mass is 254 g/mol. The van der Waals surface area contributed by atoms with Gasteiger partial charge in [0.05, 0.1) is 7.11 Å². The third-order valence-electron chi connectivity index (χ3n) is 3.10. The summed E-state index contributed by atoms with van der Waals surface area (Å²) in [5.74, 6) is 1.12. The Morgan fingerprint density at radius 1 is 1.47 bits per heavy atom. The molecule has 0 amide bonds. The molecule has 2 unspecified atom stereocenters. The van der Waals surface area contributed by atoms with Crippen LogP contribution in [0.5, 0.6) is 5.88 Å². The van der Waals surface area contributed by atoms with Gasteiger partial charge in [-0.3, -0.25) is 0 Å². The molecule has 1 saturated carbocycles. The van der Waals surface area contributed by atoms with Crippen molar-refractivity contribution in [3.05, 3.63) is 6.33 Å². The predicted octanol–water partition coefficient (Wildman–Crippen LogP) is 1.76. The number of nitrogens with two attached hydrogens (primary N) is 1. The first kappa shape index (κ1) is 12.3. The van der Waals surface area contributed by atoms with Gasteiger partial charge in [-0.05, 0) is 25.5 Å². The molecule has 1 aromatic rings. The molecule has 0 saturated heterocycles. The van der Waals surface area contributed by atoms with Crippen molar-refractivity contribution in [2.24, 2.45) is 0 Å². The highest BCUT2D eigenvalue weighted by atomic mass is 32.2. The van der Waals surface area contributed by atoms with Gasteiger partial charge in [0, 0.05) is 11.3 Å². The van der Waals surface area contributed by atoms with Crippen LogP contribution >= 0.6 is 11.8 Å². The maximum Gasteiger partial charge on any atom is 0.242 e. The van der Waals surface area contributed by atoms with Gasteiger partial charge in [0.25, 0.3) is 0 Å². The lowest BCUT2D eigenvalue weighted by Crippen LogP contribution is -2.18. The van der Waals surface area contributed by atoms with Crippen LogP contribution in [0.25, 0.3) is 0 Å². The van der Waals surface area contributed by atoms with E-state index in [2.05, 4.69) is 21.5 Å². The fourth-order valence-corrected chi connectivity index (χ4v) is 2.93. The zero-order chi connectivity index (χ0) is 12.3. The van der Waals surface area contributed by atoms with Gasteiger partial charge in [-0.25, -0.2) is 4.98 Å². The van der Waals surface area contributed by atoms with Gasteiger partial charge in [0.1, 0.15) is 12.0 Å². The van der Waals surface area contributed by atoms with E-state index in [1.165, 1.54) is 12.7 Å². The van der Waals surface area contributed by atoms with Gasteiger partial charge in [0.2, 0.25) is 5.88 Å². The highest BCUT2D eigenvalue weighted by molar-refractivity contribution is 7.99. The van der Waals surface area contributed by atoms with Crippen molar-refractivity contribution >= 4 is 23.3 Å². The van der Waals surface area contributed by atoms with Crippen molar-refractivity contribution in [2.45, 2.75) is 30.6 Å². The molecule has 1 aliphatic carbocycles. The van der Waals surface area contributed by atoms with Gasteiger partial charge in [-0.2, -0.15) is 16.7 Å². The van der Waals surface area contributed by atoms with E-state index >= 15 is 0 Å². The summed E-state index contributed by atoms with van der Waals surface area (Å²) in [6.07, 6.45) is 7.21. The molecule has 0 bridgehead atoms. The molecule has 1 aromatic heterocycles. The summed E-state index contributed by atoms with van der Waals surface area (Å²) in [5.41, 5.74) is 6.41. The van der Waals surface area contributed by atoms with E-state index in [0.29, 0.717) is 23.4 Å². The summed E-state index contributed by atoms with van der Waals surface area (Å²) in [4.78, 5) is 8.13. The maximum atomic E-state index is 5.92. The minimum Gasteiger partial charge on any atom is -0.479 e. The smallest absolute Gasteiger partial charge is 0.242 e. The summed E-state index contributed by atoms with van der Waals surface area (Å²) in [5, 5.41) is 4.13. The fourth-order valence-electron chi connectivity index (χ4n) is 2.14. The Bertz CT molecular complexity index is 388. The van der Waals surface area contributed by atoms with E-state index < -0.39 is 0 Å². The quantitative estimate of drug-likeness (QED) is 0.853. The third kappa shape index (κ3) is 2.74. The van der Waals surface area contributed by atoms with Crippen LogP contribution in [0.15, 0.2) is 6.33 Å². The highest BCUT2D eigenvalue weighted by Crippen LogP contribution is 2.32. The Balaban J connectivity index is 2.04. The topological polar surface area (TPSA) is 73.1 Å². The molecular weight excluding hydrogens is 236 g/mol. The average molecular weight is 254 g/mol. The molecule has 2 atom stereocenters. The Morgan fingerprint density at radius 3 is 2.94 bits per heavy atom. The fraction of sp³-hybridized carbons (Fsp3) is 0.636. The molecule has 5 nitrogen and oxygen atoms in total. The first-order valence-corrected chi connectivity index (χ1v) is 6.97. The van der Waals surface area contributed by atoms with Gasteiger partial charge in [-0.1, -0.05) is 0 Å². The second-order valence-corrected chi connectivity index (χ2v) is 5.30. The zero-order valence-corrected chi connectivity index (χ0v) is 11.0. The van der Waals surface area contributed by atoms with Crippen LogP contribution in [-0.2, 0) is 0 Å². The van der Waals surface area contributed by atoms with Gasteiger partial charge in [0.15, 0.2) is 5.82 Å². The number of nitrogen functional groups attached to an aromatic ring is 1. The van der Waals surface area contributed by atoms with Crippen LogP contribution < -0.4 is 15.8 Å². The molecule has 0 radical (unpaired) electrons. The highest BCUT2D eigenvalue weighted by Gasteiger charge is 2.24. The van der Waals surface area contributed by atoms with Crippen LogP contribution in [0, 0.1) is 0 Å². The van der Waals surface area contributed by atoms with Crippen molar-refractivity contribution in [1.29, 1.82) is 0 Å². The van der Waals surface area contributed by atoms with Crippen molar-refractivity contribution in [3.8, 4) is 5.88 Å². The number of thioether (sulfide) groups is 1. The Hall–Kier alpha value is -1.17. The number of hydrogen-bond donors (Lipinski definition) is 2. The molecule has 17 heavy (non-hydrogen) atoms. The summed E-state index contributed by atoms with van der Waals surface area (Å²) in [6, 6.07) is 0.453. The Morgan fingerprint density at radius 2 is 2.29 bits per heavy atom. The van der Waals surface area contributed by atoms with Crippen LogP contribution in [0.2, 0.25) is 0 Å². The summed E-state index contributed by atoms with van der Waals surface area (Å²) < 4.78 is 5.07. The number of hydrogen-bond acceptors (Lipinski definition) is 6. The number of nitrogens with one attached hydrogen (secondary N) is 1. The molecular formula is C11H18N4OS. The molecule has 3 N–H and O–H groups in total. The van der Waals surface area contributed by atoms with Crippen molar-refractivity contribution in [1.82, 2.24) is 9.97 Å². The van der Waals surface area contributed by atoms with E-state index in [4.69, 9.17) is 10.5 Å². The van der Waals surface area contributed by atoms with Gasteiger partial charge < -0.3 is 15.8 Å². The number of ether oxygens (including phenoxy) is 1. The van der Waals surface area contributed by atoms with E-state index in [0.717, 1.165) is 18.1 Å². The number of anilines is 2. The van der Waals surface area contributed by atoms with Crippen LogP contribution in [0.1, 0.15) is 19.3 Å². The third-order valence-corrected chi connectivity index (χ3v) is 4.19.